The first-order valence-electron chi connectivity index (χ1n) is 7.51. The second kappa shape index (κ2) is 8.08. The summed E-state index contributed by atoms with van der Waals surface area (Å²) >= 11 is 0. The summed E-state index contributed by atoms with van der Waals surface area (Å²) in [5.41, 5.74) is 1.14. The van der Waals surface area contributed by atoms with Gasteiger partial charge in [-0.05, 0) is 36.2 Å². The Balaban J connectivity index is 1.96. The van der Waals surface area contributed by atoms with E-state index in [9.17, 15) is 9.90 Å². The summed E-state index contributed by atoms with van der Waals surface area (Å²) in [6.45, 7) is 3.10. The number of carbonyl (C=O) groups is 1. The molecule has 0 aliphatic carbocycles. The first-order valence-corrected chi connectivity index (χ1v) is 7.51. The van der Waals surface area contributed by atoms with E-state index in [0.29, 0.717) is 13.2 Å². The van der Waals surface area contributed by atoms with Gasteiger partial charge in [-0.25, -0.2) is 0 Å². The molecule has 23 heavy (non-hydrogen) atoms. The Morgan fingerprint density at radius 1 is 1.17 bits per heavy atom. The highest BCUT2D eigenvalue weighted by molar-refractivity contribution is 5.97. The van der Waals surface area contributed by atoms with Gasteiger partial charge in [-0.15, -0.1) is 0 Å². The minimum atomic E-state index is -0.354. The molecule has 2 N–H and O–H groups in total. The fraction of sp³-hybridized carbons (Fsp3) is 0.278. The summed E-state index contributed by atoms with van der Waals surface area (Å²) in [4.78, 5) is 12.2. The molecule has 0 saturated carbocycles. The van der Waals surface area contributed by atoms with E-state index in [1.165, 1.54) is 7.11 Å². The summed E-state index contributed by atoms with van der Waals surface area (Å²) in [6.07, 6.45) is 0.960. The molecule has 0 aliphatic heterocycles. The van der Waals surface area contributed by atoms with Gasteiger partial charge in [0.05, 0.1) is 19.3 Å². The number of ether oxygens (including phenoxy) is 2. The maximum Gasteiger partial charge on any atom is 0.255 e. The maximum absolute atomic E-state index is 12.2. The van der Waals surface area contributed by atoms with Crippen molar-refractivity contribution in [3.8, 4) is 17.2 Å². The number of para-hydroxylation sites is 1. The predicted molar refractivity (Wildman–Crippen MR) is 88.1 cm³/mol. The van der Waals surface area contributed by atoms with Gasteiger partial charge in [0.15, 0.2) is 11.5 Å². The van der Waals surface area contributed by atoms with Crippen molar-refractivity contribution >= 4 is 5.91 Å². The molecule has 0 fully saturated rings. The molecule has 0 aliphatic rings. The second-order valence-corrected chi connectivity index (χ2v) is 5.03. The number of hydrogen-bond donors (Lipinski definition) is 2. The highest BCUT2D eigenvalue weighted by atomic mass is 16.5. The van der Waals surface area contributed by atoms with Gasteiger partial charge in [0.25, 0.3) is 5.91 Å². The van der Waals surface area contributed by atoms with Crippen molar-refractivity contribution in [2.24, 2.45) is 0 Å². The third-order valence-corrected chi connectivity index (χ3v) is 3.31. The first-order chi connectivity index (χ1) is 11.2. The van der Waals surface area contributed by atoms with Crippen molar-refractivity contribution in [3.05, 3.63) is 53.6 Å². The Bertz CT molecular complexity index is 653. The largest absolute Gasteiger partial charge is 0.504 e. The lowest BCUT2D eigenvalue weighted by atomic mass is 10.1. The molecule has 122 valence electrons. The third kappa shape index (κ3) is 4.39. The molecule has 0 heterocycles. The number of carbonyl (C=O) groups excluding carboxylic acids is 1. The molecule has 2 aromatic rings. The van der Waals surface area contributed by atoms with Gasteiger partial charge in [-0.2, -0.15) is 0 Å². The summed E-state index contributed by atoms with van der Waals surface area (Å²) < 4.78 is 10.5. The summed E-state index contributed by atoms with van der Waals surface area (Å²) in [7, 11) is 1.44. The molecule has 5 nitrogen and oxygen atoms in total. The first kappa shape index (κ1) is 16.7. The van der Waals surface area contributed by atoms with Gasteiger partial charge < -0.3 is 19.9 Å². The van der Waals surface area contributed by atoms with Crippen LogP contribution in [0.25, 0.3) is 0 Å². The molecular formula is C18H21NO4. The van der Waals surface area contributed by atoms with Crippen LogP contribution in [0.5, 0.6) is 17.2 Å². The molecule has 5 heteroatoms. The van der Waals surface area contributed by atoms with Gasteiger partial charge in [-0.1, -0.05) is 25.1 Å². The lowest BCUT2D eigenvalue weighted by Crippen LogP contribution is -2.22. The van der Waals surface area contributed by atoms with Crippen molar-refractivity contribution in [3.63, 3.8) is 0 Å². The third-order valence-electron chi connectivity index (χ3n) is 3.31. The summed E-state index contributed by atoms with van der Waals surface area (Å²) in [5, 5.41) is 12.7. The minimum Gasteiger partial charge on any atom is -0.504 e. The topological polar surface area (TPSA) is 67.8 Å². The lowest BCUT2D eigenvalue weighted by Gasteiger charge is -2.10. The van der Waals surface area contributed by atoms with Gasteiger partial charge in [-0.3, -0.25) is 4.79 Å². The molecule has 0 radical (unpaired) electrons. The van der Waals surface area contributed by atoms with E-state index < -0.39 is 0 Å². The van der Waals surface area contributed by atoms with E-state index in [2.05, 4.69) is 12.2 Å². The van der Waals surface area contributed by atoms with E-state index in [1.54, 1.807) is 18.2 Å². The van der Waals surface area contributed by atoms with Crippen LogP contribution in [0.4, 0.5) is 0 Å². The van der Waals surface area contributed by atoms with Crippen LogP contribution in [-0.2, 0) is 6.54 Å². The molecule has 0 aromatic heterocycles. The van der Waals surface area contributed by atoms with Crippen LogP contribution >= 0.6 is 0 Å². The van der Waals surface area contributed by atoms with Crippen LogP contribution in [0.2, 0.25) is 0 Å². The molecule has 0 bridgehead atoms. The average molecular weight is 315 g/mol. The number of hydrogen-bond acceptors (Lipinski definition) is 4. The zero-order valence-corrected chi connectivity index (χ0v) is 13.3. The number of rotatable bonds is 7. The number of aromatic hydroxyl groups is 1. The Labute approximate surface area is 135 Å². The number of nitrogens with one attached hydrogen (secondary N) is 1. The molecule has 0 atom stereocenters. The van der Waals surface area contributed by atoms with Crippen LogP contribution in [0.15, 0.2) is 42.5 Å². The highest BCUT2D eigenvalue weighted by Gasteiger charge is 2.14. The van der Waals surface area contributed by atoms with Gasteiger partial charge in [0.1, 0.15) is 5.75 Å². The fourth-order valence-electron chi connectivity index (χ4n) is 2.07. The maximum atomic E-state index is 12.2. The number of phenols is 1. The Kier molecular flexibility index (Phi) is 5.86. The fourth-order valence-corrected chi connectivity index (χ4v) is 2.07. The van der Waals surface area contributed by atoms with Crippen molar-refractivity contribution in [1.82, 2.24) is 5.32 Å². The highest BCUT2D eigenvalue weighted by Crippen LogP contribution is 2.29. The molecule has 2 rings (SSSR count). The quantitative estimate of drug-likeness (QED) is 0.824. The number of methoxy groups -OCH3 is 1. The van der Waals surface area contributed by atoms with Crippen LogP contribution < -0.4 is 14.8 Å². The molecular weight excluding hydrogens is 294 g/mol. The van der Waals surface area contributed by atoms with E-state index >= 15 is 0 Å². The van der Waals surface area contributed by atoms with Crippen LogP contribution in [0.3, 0.4) is 0 Å². The van der Waals surface area contributed by atoms with Gasteiger partial charge in [0, 0.05) is 6.54 Å². The van der Waals surface area contributed by atoms with Crippen LogP contribution in [0.1, 0.15) is 29.3 Å². The van der Waals surface area contributed by atoms with Crippen molar-refractivity contribution in [2.45, 2.75) is 19.9 Å². The molecule has 0 spiro atoms. The van der Waals surface area contributed by atoms with Gasteiger partial charge >= 0.3 is 0 Å². The zero-order chi connectivity index (χ0) is 16.7. The van der Waals surface area contributed by atoms with E-state index in [-0.39, 0.29) is 23.0 Å². The standard InChI is InChI=1S/C18H21NO4/c1-3-11-23-14-9-7-13(8-10-14)12-19-18(21)15-5-4-6-16(22-2)17(15)20/h4-10,20H,3,11-12H2,1-2H3,(H,19,21). The van der Waals surface area contributed by atoms with Crippen LogP contribution in [0, 0.1) is 0 Å². The molecule has 0 saturated heterocycles. The molecule has 0 unspecified atom stereocenters. The summed E-state index contributed by atoms with van der Waals surface area (Å²) in [5.74, 6) is 0.575. The summed E-state index contributed by atoms with van der Waals surface area (Å²) in [6, 6.07) is 12.4. The predicted octanol–water partition coefficient (Wildman–Crippen LogP) is 3.12. The van der Waals surface area contributed by atoms with Crippen LogP contribution in [-0.4, -0.2) is 24.7 Å². The zero-order valence-electron chi connectivity index (χ0n) is 13.3. The minimum absolute atomic E-state index is 0.157. The monoisotopic (exact) mass is 315 g/mol. The Morgan fingerprint density at radius 2 is 1.91 bits per heavy atom. The van der Waals surface area contributed by atoms with Crippen molar-refractivity contribution < 1.29 is 19.4 Å². The van der Waals surface area contributed by atoms with E-state index in [4.69, 9.17) is 9.47 Å². The Morgan fingerprint density at radius 3 is 2.57 bits per heavy atom. The average Bonchev–Trinajstić information content (AvgIpc) is 2.59. The second-order valence-electron chi connectivity index (χ2n) is 5.03. The number of phenolic OH excluding ortho intramolecular Hbond substituents is 1. The van der Waals surface area contributed by atoms with E-state index in [1.807, 2.05) is 24.3 Å². The van der Waals surface area contributed by atoms with E-state index in [0.717, 1.165) is 17.7 Å². The smallest absolute Gasteiger partial charge is 0.255 e. The SMILES string of the molecule is CCCOc1ccc(CNC(=O)c2cccc(OC)c2O)cc1. The number of amides is 1. The van der Waals surface area contributed by atoms with Gasteiger partial charge in [0.2, 0.25) is 0 Å². The Hall–Kier alpha value is -2.69. The normalized spacial score (nSPS) is 10.2. The van der Waals surface area contributed by atoms with Crippen molar-refractivity contribution in [1.29, 1.82) is 0 Å². The molecule has 2 aromatic carbocycles. The number of benzene rings is 2. The van der Waals surface area contributed by atoms with Crippen molar-refractivity contribution in [2.75, 3.05) is 13.7 Å². The lowest BCUT2D eigenvalue weighted by molar-refractivity contribution is 0.0947. The molecule has 1 amide bonds.